The van der Waals surface area contributed by atoms with Gasteiger partial charge in [-0.05, 0) is 63.3 Å². The number of amides is 1. The van der Waals surface area contributed by atoms with Gasteiger partial charge in [0, 0.05) is 11.1 Å². The third-order valence-corrected chi connectivity index (χ3v) is 6.53. The van der Waals surface area contributed by atoms with Gasteiger partial charge in [-0.25, -0.2) is 9.48 Å². The number of nitrogens with zero attached hydrogens (tertiary/aromatic N) is 2. The number of hydrogen-bond donors (Lipinski definition) is 1. The fraction of sp³-hybridized carbons (Fsp3) is 0.348. The summed E-state index contributed by atoms with van der Waals surface area (Å²) >= 11 is 7.55. The Kier molecular flexibility index (Phi) is 6.81. The highest BCUT2D eigenvalue weighted by Crippen LogP contribution is 2.39. The number of ether oxygens (including phenoxy) is 2. The SMILES string of the molecule is CC(C)OC(=O)c1c(NC(=O)c2ccn(COc3ccccc3Cl)n2)sc2c1CCCC2. The van der Waals surface area contributed by atoms with Crippen molar-refractivity contribution in [2.24, 2.45) is 0 Å². The molecule has 0 saturated carbocycles. The molecule has 2 heterocycles. The monoisotopic (exact) mass is 473 g/mol. The zero-order valence-electron chi connectivity index (χ0n) is 17.9. The van der Waals surface area contributed by atoms with Gasteiger partial charge in [0.15, 0.2) is 12.4 Å². The molecule has 0 atom stereocenters. The zero-order chi connectivity index (χ0) is 22.7. The van der Waals surface area contributed by atoms with Crippen LogP contribution in [-0.4, -0.2) is 27.8 Å². The van der Waals surface area contributed by atoms with Crippen molar-refractivity contribution in [2.45, 2.75) is 52.4 Å². The van der Waals surface area contributed by atoms with Gasteiger partial charge in [0.1, 0.15) is 10.8 Å². The lowest BCUT2D eigenvalue weighted by atomic mass is 9.95. The molecule has 0 saturated heterocycles. The predicted octanol–water partition coefficient (Wildman–Crippen LogP) is 5.33. The Bertz CT molecular complexity index is 1140. The molecule has 4 rings (SSSR count). The molecule has 7 nitrogen and oxygen atoms in total. The molecule has 1 aromatic carbocycles. The second-order valence-electron chi connectivity index (χ2n) is 7.77. The summed E-state index contributed by atoms with van der Waals surface area (Å²) in [6.45, 7) is 3.73. The number of carbonyl (C=O) groups is 2. The average molecular weight is 474 g/mol. The Morgan fingerprint density at radius 2 is 2.00 bits per heavy atom. The summed E-state index contributed by atoms with van der Waals surface area (Å²) < 4.78 is 12.6. The molecule has 0 spiro atoms. The standard InChI is InChI=1S/C23H24ClN3O4S/c1-14(2)31-23(29)20-15-7-3-6-10-19(15)32-22(20)25-21(28)17-11-12-27(26-17)13-30-18-9-5-4-8-16(18)24/h4-5,8-9,11-12,14H,3,6-7,10,13H2,1-2H3,(H,25,28). The van der Waals surface area contributed by atoms with Crippen molar-refractivity contribution in [3.63, 3.8) is 0 Å². The Labute approximate surface area is 195 Å². The maximum absolute atomic E-state index is 12.9. The van der Waals surface area contributed by atoms with Crippen LogP contribution in [0, 0.1) is 0 Å². The van der Waals surface area contributed by atoms with Gasteiger partial charge in [-0.1, -0.05) is 23.7 Å². The van der Waals surface area contributed by atoms with E-state index in [-0.39, 0.29) is 18.5 Å². The minimum absolute atomic E-state index is 0.107. The van der Waals surface area contributed by atoms with Crippen LogP contribution in [-0.2, 0) is 24.3 Å². The van der Waals surface area contributed by atoms with E-state index in [4.69, 9.17) is 21.1 Å². The molecule has 0 bridgehead atoms. The minimum Gasteiger partial charge on any atom is -0.470 e. The van der Waals surface area contributed by atoms with Crippen molar-refractivity contribution in [2.75, 3.05) is 5.32 Å². The number of anilines is 1. The first-order chi connectivity index (χ1) is 15.4. The quantitative estimate of drug-likeness (QED) is 0.469. The van der Waals surface area contributed by atoms with Crippen molar-refractivity contribution < 1.29 is 19.1 Å². The van der Waals surface area contributed by atoms with E-state index in [0.717, 1.165) is 36.1 Å². The molecule has 2 aromatic heterocycles. The van der Waals surface area contributed by atoms with Crippen molar-refractivity contribution in [1.82, 2.24) is 9.78 Å². The number of thiophene rings is 1. The number of para-hydroxylation sites is 1. The van der Waals surface area contributed by atoms with Crippen LogP contribution in [0.2, 0.25) is 5.02 Å². The van der Waals surface area contributed by atoms with E-state index in [0.29, 0.717) is 21.3 Å². The van der Waals surface area contributed by atoms with Gasteiger partial charge in [0.2, 0.25) is 0 Å². The highest BCUT2D eigenvalue weighted by Gasteiger charge is 2.28. The van der Waals surface area contributed by atoms with Crippen molar-refractivity contribution in [3.8, 4) is 5.75 Å². The summed E-state index contributed by atoms with van der Waals surface area (Å²) in [6, 6.07) is 8.74. The fourth-order valence-electron chi connectivity index (χ4n) is 3.56. The summed E-state index contributed by atoms with van der Waals surface area (Å²) in [5, 5.41) is 8.18. The Balaban J connectivity index is 1.49. The molecular formula is C23H24ClN3O4S. The van der Waals surface area contributed by atoms with E-state index < -0.39 is 11.9 Å². The van der Waals surface area contributed by atoms with Crippen molar-refractivity contribution >= 4 is 39.8 Å². The number of fused-ring (bicyclic) bond motifs is 1. The molecular weight excluding hydrogens is 450 g/mol. The lowest BCUT2D eigenvalue weighted by Gasteiger charge is -2.14. The van der Waals surface area contributed by atoms with Crippen molar-refractivity contribution in [3.05, 3.63) is 63.2 Å². The number of aromatic nitrogens is 2. The summed E-state index contributed by atoms with van der Waals surface area (Å²) in [5.74, 6) is -0.250. The zero-order valence-corrected chi connectivity index (χ0v) is 19.5. The molecule has 1 N–H and O–H groups in total. The first-order valence-corrected chi connectivity index (χ1v) is 11.7. The van der Waals surface area contributed by atoms with Crippen LogP contribution in [0.1, 0.15) is 58.0 Å². The second-order valence-corrected chi connectivity index (χ2v) is 9.28. The number of halogens is 1. The summed E-state index contributed by atoms with van der Waals surface area (Å²) in [5.41, 5.74) is 1.71. The first-order valence-electron chi connectivity index (χ1n) is 10.5. The molecule has 1 aliphatic carbocycles. The highest BCUT2D eigenvalue weighted by molar-refractivity contribution is 7.17. The maximum Gasteiger partial charge on any atom is 0.341 e. The van der Waals surface area contributed by atoms with Crippen LogP contribution in [0.4, 0.5) is 5.00 Å². The summed E-state index contributed by atoms with van der Waals surface area (Å²) in [7, 11) is 0. The van der Waals surface area contributed by atoms with Gasteiger partial charge in [-0.3, -0.25) is 4.79 Å². The largest absolute Gasteiger partial charge is 0.470 e. The van der Waals surface area contributed by atoms with Crippen LogP contribution >= 0.6 is 22.9 Å². The second kappa shape index (κ2) is 9.75. The van der Waals surface area contributed by atoms with Crippen LogP contribution < -0.4 is 10.1 Å². The van der Waals surface area contributed by atoms with Crippen LogP contribution in [0.25, 0.3) is 0 Å². The topological polar surface area (TPSA) is 82.5 Å². The number of rotatable bonds is 7. The molecule has 1 aliphatic rings. The van der Waals surface area contributed by atoms with Gasteiger partial charge < -0.3 is 14.8 Å². The van der Waals surface area contributed by atoms with E-state index in [2.05, 4.69) is 10.4 Å². The van der Waals surface area contributed by atoms with Gasteiger partial charge >= 0.3 is 5.97 Å². The Morgan fingerprint density at radius 3 is 2.78 bits per heavy atom. The van der Waals surface area contributed by atoms with E-state index in [1.807, 2.05) is 26.0 Å². The molecule has 0 fully saturated rings. The fourth-order valence-corrected chi connectivity index (χ4v) is 5.02. The smallest absolute Gasteiger partial charge is 0.341 e. The Morgan fingerprint density at radius 1 is 1.22 bits per heavy atom. The van der Waals surface area contributed by atoms with E-state index >= 15 is 0 Å². The van der Waals surface area contributed by atoms with Gasteiger partial charge in [0.05, 0.1) is 16.7 Å². The predicted molar refractivity (Wildman–Crippen MR) is 124 cm³/mol. The maximum atomic E-state index is 12.9. The number of esters is 1. The number of nitrogens with one attached hydrogen (secondary N) is 1. The van der Waals surface area contributed by atoms with Crippen LogP contribution in [0.15, 0.2) is 36.5 Å². The van der Waals surface area contributed by atoms with Gasteiger partial charge in [0.25, 0.3) is 5.91 Å². The molecule has 32 heavy (non-hydrogen) atoms. The molecule has 0 unspecified atom stereocenters. The van der Waals surface area contributed by atoms with E-state index in [1.54, 1.807) is 24.4 Å². The molecule has 1 amide bonds. The average Bonchev–Trinajstić information content (AvgIpc) is 3.37. The van der Waals surface area contributed by atoms with Crippen molar-refractivity contribution in [1.29, 1.82) is 0 Å². The van der Waals surface area contributed by atoms with E-state index in [9.17, 15) is 9.59 Å². The van der Waals surface area contributed by atoms with E-state index in [1.165, 1.54) is 16.0 Å². The van der Waals surface area contributed by atoms with Gasteiger partial charge in [-0.15, -0.1) is 11.3 Å². The highest BCUT2D eigenvalue weighted by atomic mass is 35.5. The minimum atomic E-state index is -0.395. The summed E-state index contributed by atoms with van der Waals surface area (Å²) in [6.07, 6.45) is 5.24. The third-order valence-electron chi connectivity index (χ3n) is 5.01. The normalized spacial score (nSPS) is 13.0. The molecule has 168 valence electrons. The third kappa shape index (κ3) is 4.97. The van der Waals surface area contributed by atoms with Crippen LogP contribution in [0.3, 0.4) is 0 Å². The first kappa shape index (κ1) is 22.4. The lowest BCUT2D eigenvalue weighted by Crippen LogP contribution is -2.18. The van der Waals surface area contributed by atoms with Gasteiger partial charge in [-0.2, -0.15) is 5.10 Å². The number of benzene rings is 1. The molecule has 3 aromatic rings. The number of hydrogen-bond acceptors (Lipinski definition) is 6. The van der Waals surface area contributed by atoms with Crippen LogP contribution in [0.5, 0.6) is 5.75 Å². The number of aryl methyl sites for hydroxylation is 1. The Hall–Kier alpha value is -2.84. The number of carbonyl (C=O) groups excluding carboxylic acids is 2. The summed E-state index contributed by atoms with van der Waals surface area (Å²) in [4.78, 5) is 26.8. The lowest BCUT2D eigenvalue weighted by molar-refractivity contribution is 0.0378. The molecule has 0 radical (unpaired) electrons. The molecule has 0 aliphatic heterocycles. The molecule has 9 heteroatoms.